The largest absolute Gasteiger partial charge is 0.372 e. The van der Waals surface area contributed by atoms with E-state index in [1.54, 1.807) is 0 Å². The van der Waals surface area contributed by atoms with Crippen molar-refractivity contribution < 1.29 is 0 Å². The molecule has 0 bridgehead atoms. The van der Waals surface area contributed by atoms with Crippen molar-refractivity contribution in [2.24, 2.45) is 5.92 Å². The molecule has 2 nitrogen and oxygen atoms in total. The fraction of sp³-hybridized carbons (Fsp3) is 0.647. The predicted octanol–water partition coefficient (Wildman–Crippen LogP) is 3.64. The van der Waals surface area contributed by atoms with Gasteiger partial charge in [0.1, 0.15) is 0 Å². The van der Waals surface area contributed by atoms with Crippen molar-refractivity contribution in [2.75, 3.05) is 31.6 Å². The predicted molar refractivity (Wildman–Crippen MR) is 84.0 cm³/mol. The van der Waals surface area contributed by atoms with E-state index < -0.39 is 0 Å². The minimum Gasteiger partial charge on any atom is -0.372 e. The Kier molecular flexibility index (Phi) is 5.26. The molecular formula is C17H28N2. The quantitative estimate of drug-likeness (QED) is 0.869. The van der Waals surface area contributed by atoms with Crippen LogP contribution in [0.1, 0.15) is 44.6 Å². The number of nitrogens with one attached hydrogen (secondary N) is 1. The average Bonchev–Trinajstić information content (AvgIpc) is 2.46. The van der Waals surface area contributed by atoms with Crippen LogP contribution in [0.5, 0.6) is 0 Å². The second-order valence-electron chi connectivity index (χ2n) is 6.07. The molecule has 2 heteroatoms. The third kappa shape index (κ3) is 3.97. The van der Waals surface area contributed by atoms with E-state index in [2.05, 4.69) is 48.3 Å². The summed E-state index contributed by atoms with van der Waals surface area (Å²) < 4.78 is 0. The van der Waals surface area contributed by atoms with Gasteiger partial charge in [-0.15, -0.1) is 0 Å². The first kappa shape index (κ1) is 14.4. The molecule has 1 N–H and O–H groups in total. The Balaban J connectivity index is 1.87. The van der Waals surface area contributed by atoms with Crippen LogP contribution >= 0.6 is 0 Å². The van der Waals surface area contributed by atoms with Gasteiger partial charge < -0.3 is 10.2 Å². The molecule has 1 aromatic carbocycles. The number of nitrogens with zero attached hydrogens (tertiary/aromatic N) is 1. The molecule has 19 heavy (non-hydrogen) atoms. The van der Waals surface area contributed by atoms with Crippen LogP contribution in [0, 0.1) is 5.92 Å². The highest BCUT2D eigenvalue weighted by Gasteiger charge is 2.18. The van der Waals surface area contributed by atoms with Gasteiger partial charge in [0, 0.05) is 18.8 Å². The first-order chi connectivity index (χ1) is 9.20. The van der Waals surface area contributed by atoms with Crippen molar-refractivity contribution >= 4 is 5.69 Å². The maximum atomic E-state index is 3.26. The molecule has 1 aliphatic heterocycles. The van der Waals surface area contributed by atoms with E-state index in [0.29, 0.717) is 5.92 Å². The van der Waals surface area contributed by atoms with E-state index in [0.717, 1.165) is 12.5 Å². The molecule has 1 heterocycles. The normalized spacial score (nSPS) is 17.2. The summed E-state index contributed by atoms with van der Waals surface area (Å²) in [5.74, 6) is 1.54. The fourth-order valence-electron chi connectivity index (χ4n) is 2.90. The summed E-state index contributed by atoms with van der Waals surface area (Å²) in [5, 5.41) is 3.26. The second-order valence-corrected chi connectivity index (χ2v) is 6.07. The smallest absolute Gasteiger partial charge is 0.0366 e. The zero-order chi connectivity index (χ0) is 13.7. The first-order valence-electron chi connectivity index (χ1n) is 7.70. The van der Waals surface area contributed by atoms with Gasteiger partial charge in [0.05, 0.1) is 0 Å². The Morgan fingerprint density at radius 1 is 1.16 bits per heavy atom. The molecule has 0 amide bonds. The van der Waals surface area contributed by atoms with Gasteiger partial charge in [0.2, 0.25) is 0 Å². The number of rotatable bonds is 5. The number of anilines is 1. The highest BCUT2D eigenvalue weighted by Crippen LogP contribution is 2.26. The zero-order valence-corrected chi connectivity index (χ0v) is 12.7. The van der Waals surface area contributed by atoms with Crippen LogP contribution in [0.3, 0.4) is 0 Å². The van der Waals surface area contributed by atoms with Gasteiger partial charge in [-0.25, -0.2) is 0 Å². The third-order valence-electron chi connectivity index (χ3n) is 4.34. The van der Waals surface area contributed by atoms with Crippen LogP contribution in [-0.2, 0) is 0 Å². The van der Waals surface area contributed by atoms with Gasteiger partial charge >= 0.3 is 0 Å². The summed E-state index contributed by atoms with van der Waals surface area (Å²) in [6, 6.07) is 9.16. The maximum absolute atomic E-state index is 3.26. The van der Waals surface area contributed by atoms with Crippen LogP contribution in [0.2, 0.25) is 0 Å². The van der Waals surface area contributed by atoms with Crippen LogP contribution in [0.15, 0.2) is 24.3 Å². The Hall–Kier alpha value is -1.02. The molecule has 0 saturated carbocycles. The Labute approximate surface area is 118 Å². The molecule has 0 spiro atoms. The van der Waals surface area contributed by atoms with Gasteiger partial charge in [-0.3, -0.25) is 0 Å². The van der Waals surface area contributed by atoms with E-state index in [-0.39, 0.29) is 0 Å². The Morgan fingerprint density at radius 3 is 2.32 bits per heavy atom. The molecule has 0 aromatic heterocycles. The van der Waals surface area contributed by atoms with Crippen LogP contribution < -0.4 is 10.2 Å². The van der Waals surface area contributed by atoms with Crippen molar-refractivity contribution in [1.29, 1.82) is 0 Å². The lowest BCUT2D eigenvalue weighted by Gasteiger charge is -2.33. The van der Waals surface area contributed by atoms with E-state index in [1.165, 1.54) is 43.6 Å². The standard InChI is InChI=1S/C17H28N2/c1-14(2)16-4-6-17(7-5-16)19-12-9-15(10-13-19)8-11-18-3/h4-7,14-15,18H,8-13H2,1-3H3. The molecule has 0 radical (unpaired) electrons. The summed E-state index contributed by atoms with van der Waals surface area (Å²) in [6.07, 6.45) is 4.01. The summed E-state index contributed by atoms with van der Waals surface area (Å²) in [6.45, 7) is 8.10. The fourth-order valence-corrected chi connectivity index (χ4v) is 2.90. The van der Waals surface area contributed by atoms with Gasteiger partial charge in [-0.05, 0) is 62.4 Å². The Bertz CT molecular complexity index is 361. The SMILES string of the molecule is CNCCC1CCN(c2ccc(C(C)C)cc2)CC1. The van der Waals surface area contributed by atoms with Gasteiger partial charge in [-0.1, -0.05) is 26.0 Å². The molecule has 1 aliphatic rings. The molecule has 0 unspecified atom stereocenters. The van der Waals surface area contributed by atoms with Crippen molar-refractivity contribution in [1.82, 2.24) is 5.32 Å². The van der Waals surface area contributed by atoms with Crippen LogP contribution in [0.25, 0.3) is 0 Å². The topological polar surface area (TPSA) is 15.3 Å². The monoisotopic (exact) mass is 260 g/mol. The van der Waals surface area contributed by atoms with Crippen molar-refractivity contribution in [3.8, 4) is 0 Å². The summed E-state index contributed by atoms with van der Waals surface area (Å²) in [5.41, 5.74) is 2.84. The lowest BCUT2D eigenvalue weighted by atomic mass is 9.93. The van der Waals surface area contributed by atoms with Crippen LogP contribution in [0.4, 0.5) is 5.69 Å². The molecule has 106 valence electrons. The molecule has 1 aromatic rings. The zero-order valence-electron chi connectivity index (χ0n) is 12.7. The van der Waals surface area contributed by atoms with Crippen molar-refractivity contribution in [3.63, 3.8) is 0 Å². The number of piperidine rings is 1. The first-order valence-corrected chi connectivity index (χ1v) is 7.70. The highest BCUT2D eigenvalue weighted by molar-refractivity contribution is 5.48. The lowest BCUT2D eigenvalue weighted by molar-refractivity contribution is 0.378. The van der Waals surface area contributed by atoms with E-state index in [4.69, 9.17) is 0 Å². The third-order valence-corrected chi connectivity index (χ3v) is 4.34. The second kappa shape index (κ2) is 6.95. The van der Waals surface area contributed by atoms with E-state index in [9.17, 15) is 0 Å². The minimum atomic E-state index is 0.626. The van der Waals surface area contributed by atoms with E-state index in [1.807, 2.05) is 7.05 Å². The minimum absolute atomic E-state index is 0.626. The number of hydrogen-bond donors (Lipinski definition) is 1. The number of benzene rings is 1. The van der Waals surface area contributed by atoms with Crippen LogP contribution in [-0.4, -0.2) is 26.7 Å². The molecule has 0 atom stereocenters. The molecule has 1 saturated heterocycles. The highest BCUT2D eigenvalue weighted by atomic mass is 15.1. The van der Waals surface area contributed by atoms with Gasteiger partial charge in [-0.2, -0.15) is 0 Å². The summed E-state index contributed by atoms with van der Waals surface area (Å²) >= 11 is 0. The van der Waals surface area contributed by atoms with Crippen molar-refractivity contribution in [2.45, 2.75) is 39.0 Å². The summed E-state index contributed by atoms with van der Waals surface area (Å²) in [7, 11) is 2.05. The van der Waals surface area contributed by atoms with Gasteiger partial charge in [0.25, 0.3) is 0 Å². The number of hydrogen-bond acceptors (Lipinski definition) is 2. The van der Waals surface area contributed by atoms with Crippen molar-refractivity contribution in [3.05, 3.63) is 29.8 Å². The Morgan fingerprint density at radius 2 is 1.79 bits per heavy atom. The molecule has 1 fully saturated rings. The summed E-state index contributed by atoms with van der Waals surface area (Å²) in [4.78, 5) is 2.54. The molecule has 0 aliphatic carbocycles. The maximum Gasteiger partial charge on any atom is 0.0366 e. The van der Waals surface area contributed by atoms with Gasteiger partial charge in [0.15, 0.2) is 0 Å². The average molecular weight is 260 g/mol. The molecular weight excluding hydrogens is 232 g/mol. The lowest BCUT2D eigenvalue weighted by Crippen LogP contribution is -2.34. The van der Waals surface area contributed by atoms with E-state index >= 15 is 0 Å². The molecule has 2 rings (SSSR count).